The number of benzene rings is 1. The number of halogens is 1. The standard InChI is InChI=1S/C14H20FNOS/c15-13-4-1-3-12(11-13)14(17)5-7-16-6-2-9-18-10-8-16/h1,3-4,11,14,17H,2,5-10H2. The lowest BCUT2D eigenvalue weighted by atomic mass is 10.1. The third kappa shape index (κ3) is 4.26. The largest absolute Gasteiger partial charge is 0.388 e. The summed E-state index contributed by atoms with van der Waals surface area (Å²) in [4.78, 5) is 2.39. The second kappa shape index (κ2) is 7.12. The molecule has 0 aromatic heterocycles. The van der Waals surface area contributed by atoms with E-state index in [9.17, 15) is 9.50 Å². The fraction of sp³-hybridized carbons (Fsp3) is 0.571. The van der Waals surface area contributed by atoms with Crippen molar-refractivity contribution in [2.24, 2.45) is 0 Å². The third-order valence-corrected chi connectivity index (χ3v) is 4.32. The van der Waals surface area contributed by atoms with E-state index in [1.165, 1.54) is 30.1 Å². The Morgan fingerprint density at radius 2 is 2.22 bits per heavy atom. The Hall–Kier alpha value is -0.580. The van der Waals surface area contributed by atoms with Crippen molar-refractivity contribution in [2.45, 2.75) is 18.9 Å². The van der Waals surface area contributed by atoms with E-state index in [0.29, 0.717) is 12.0 Å². The summed E-state index contributed by atoms with van der Waals surface area (Å²) in [6.07, 6.45) is 1.34. The molecule has 0 amide bonds. The fourth-order valence-electron chi connectivity index (χ4n) is 2.21. The molecule has 1 atom stereocenters. The Bertz CT molecular complexity index is 367. The molecular weight excluding hydrogens is 249 g/mol. The molecule has 1 unspecified atom stereocenters. The van der Waals surface area contributed by atoms with E-state index in [1.54, 1.807) is 12.1 Å². The Morgan fingerprint density at radius 1 is 1.33 bits per heavy atom. The second-order valence-corrected chi connectivity index (χ2v) is 5.89. The summed E-state index contributed by atoms with van der Waals surface area (Å²) in [5.74, 6) is 2.14. The highest BCUT2D eigenvalue weighted by Crippen LogP contribution is 2.19. The molecule has 18 heavy (non-hydrogen) atoms. The van der Waals surface area contributed by atoms with Crippen LogP contribution in [-0.4, -0.2) is 41.1 Å². The van der Waals surface area contributed by atoms with Crippen molar-refractivity contribution in [1.29, 1.82) is 0 Å². The minimum Gasteiger partial charge on any atom is -0.388 e. The first-order valence-corrected chi connectivity index (χ1v) is 7.65. The molecule has 2 nitrogen and oxygen atoms in total. The summed E-state index contributed by atoms with van der Waals surface area (Å²) in [7, 11) is 0. The molecule has 1 heterocycles. The van der Waals surface area contributed by atoms with E-state index in [1.807, 2.05) is 11.8 Å². The van der Waals surface area contributed by atoms with Gasteiger partial charge >= 0.3 is 0 Å². The molecule has 1 saturated heterocycles. The first-order chi connectivity index (χ1) is 8.75. The summed E-state index contributed by atoms with van der Waals surface area (Å²) >= 11 is 2.00. The quantitative estimate of drug-likeness (QED) is 0.909. The zero-order valence-electron chi connectivity index (χ0n) is 10.5. The molecule has 4 heteroatoms. The summed E-state index contributed by atoms with van der Waals surface area (Å²) in [5.41, 5.74) is 0.680. The van der Waals surface area contributed by atoms with E-state index in [0.717, 1.165) is 19.6 Å². The van der Waals surface area contributed by atoms with Gasteiger partial charge in [0.15, 0.2) is 0 Å². The third-order valence-electron chi connectivity index (χ3n) is 3.27. The second-order valence-electron chi connectivity index (χ2n) is 4.67. The lowest BCUT2D eigenvalue weighted by molar-refractivity contribution is 0.144. The monoisotopic (exact) mass is 269 g/mol. The van der Waals surface area contributed by atoms with Crippen molar-refractivity contribution in [1.82, 2.24) is 4.90 Å². The summed E-state index contributed by atoms with van der Waals surface area (Å²) in [5, 5.41) is 10.0. The molecule has 1 aliphatic heterocycles. The van der Waals surface area contributed by atoms with Gasteiger partial charge in [-0.05, 0) is 42.8 Å². The molecule has 0 spiro atoms. The van der Waals surface area contributed by atoms with Gasteiger partial charge in [0.2, 0.25) is 0 Å². The van der Waals surface area contributed by atoms with Crippen LogP contribution in [0, 0.1) is 5.82 Å². The zero-order valence-corrected chi connectivity index (χ0v) is 11.3. The van der Waals surface area contributed by atoms with E-state index in [2.05, 4.69) is 4.90 Å². The van der Waals surface area contributed by atoms with Crippen LogP contribution in [0.3, 0.4) is 0 Å². The zero-order chi connectivity index (χ0) is 12.8. The summed E-state index contributed by atoms with van der Waals surface area (Å²) in [6.45, 7) is 3.10. The predicted molar refractivity (Wildman–Crippen MR) is 74.4 cm³/mol. The van der Waals surface area contributed by atoms with Crippen LogP contribution in [0.4, 0.5) is 4.39 Å². The maximum absolute atomic E-state index is 13.1. The number of hydrogen-bond donors (Lipinski definition) is 1. The molecule has 1 aliphatic rings. The van der Waals surface area contributed by atoms with Crippen LogP contribution < -0.4 is 0 Å². The van der Waals surface area contributed by atoms with Crippen LogP contribution in [0.5, 0.6) is 0 Å². The lowest BCUT2D eigenvalue weighted by Gasteiger charge is -2.21. The maximum atomic E-state index is 13.1. The fourth-order valence-corrected chi connectivity index (χ4v) is 3.13. The van der Waals surface area contributed by atoms with Gasteiger partial charge in [-0.2, -0.15) is 11.8 Å². The number of aliphatic hydroxyl groups is 1. The number of rotatable bonds is 4. The summed E-state index contributed by atoms with van der Waals surface area (Å²) < 4.78 is 13.1. The van der Waals surface area contributed by atoms with E-state index in [4.69, 9.17) is 0 Å². The van der Waals surface area contributed by atoms with Gasteiger partial charge in [0.25, 0.3) is 0 Å². The van der Waals surface area contributed by atoms with Gasteiger partial charge in [-0.25, -0.2) is 4.39 Å². The molecule has 0 bridgehead atoms. The highest BCUT2D eigenvalue weighted by Gasteiger charge is 2.13. The lowest BCUT2D eigenvalue weighted by Crippen LogP contribution is -2.28. The van der Waals surface area contributed by atoms with Crippen LogP contribution in [0.2, 0.25) is 0 Å². The average Bonchev–Trinajstić information content (AvgIpc) is 2.64. The van der Waals surface area contributed by atoms with Gasteiger partial charge in [-0.3, -0.25) is 0 Å². The first kappa shape index (κ1) is 13.8. The molecule has 1 aromatic carbocycles. The Morgan fingerprint density at radius 3 is 3.06 bits per heavy atom. The molecule has 2 rings (SSSR count). The highest BCUT2D eigenvalue weighted by molar-refractivity contribution is 7.99. The van der Waals surface area contributed by atoms with Crippen molar-refractivity contribution in [2.75, 3.05) is 31.1 Å². The topological polar surface area (TPSA) is 23.5 Å². The first-order valence-electron chi connectivity index (χ1n) is 6.49. The van der Waals surface area contributed by atoms with E-state index < -0.39 is 6.10 Å². The van der Waals surface area contributed by atoms with Gasteiger partial charge in [-0.15, -0.1) is 0 Å². The number of nitrogens with zero attached hydrogens (tertiary/aromatic N) is 1. The van der Waals surface area contributed by atoms with Crippen molar-refractivity contribution < 1.29 is 9.50 Å². The number of thioether (sulfide) groups is 1. The molecule has 1 aromatic rings. The van der Waals surface area contributed by atoms with Crippen molar-refractivity contribution >= 4 is 11.8 Å². The van der Waals surface area contributed by atoms with Gasteiger partial charge in [0, 0.05) is 18.8 Å². The van der Waals surface area contributed by atoms with Crippen LogP contribution in [0.25, 0.3) is 0 Å². The SMILES string of the molecule is OC(CCN1CCCSCC1)c1cccc(F)c1. The molecule has 100 valence electrons. The molecule has 0 aliphatic carbocycles. The number of aliphatic hydroxyl groups excluding tert-OH is 1. The van der Waals surface area contributed by atoms with Gasteiger partial charge in [-0.1, -0.05) is 12.1 Å². The molecule has 0 saturated carbocycles. The Labute approximate surface area is 112 Å². The van der Waals surface area contributed by atoms with Crippen LogP contribution in [0.15, 0.2) is 24.3 Å². The van der Waals surface area contributed by atoms with Crippen LogP contribution in [0.1, 0.15) is 24.5 Å². The molecule has 1 N–H and O–H groups in total. The molecule has 0 radical (unpaired) electrons. The molecule has 1 fully saturated rings. The van der Waals surface area contributed by atoms with E-state index in [-0.39, 0.29) is 5.82 Å². The highest BCUT2D eigenvalue weighted by atomic mass is 32.2. The van der Waals surface area contributed by atoms with Crippen LogP contribution >= 0.6 is 11.8 Å². The van der Waals surface area contributed by atoms with E-state index >= 15 is 0 Å². The normalized spacial score (nSPS) is 19.4. The average molecular weight is 269 g/mol. The number of hydrogen-bond acceptors (Lipinski definition) is 3. The molecular formula is C14H20FNOS. The minimum atomic E-state index is -0.559. The van der Waals surface area contributed by atoms with Crippen LogP contribution in [-0.2, 0) is 0 Å². The van der Waals surface area contributed by atoms with Gasteiger partial charge in [0.1, 0.15) is 5.82 Å². The smallest absolute Gasteiger partial charge is 0.123 e. The van der Waals surface area contributed by atoms with Crippen molar-refractivity contribution in [3.63, 3.8) is 0 Å². The summed E-state index contributed by atoms with van der Waals surface area (Å²) in [6, 6.07) is 6.26. The minimum absolute atomic E-state index is 0.280. The Kier molecular flexibility index (Phi) is 5.47. The predicted octanol–water partition coefficient (Wildman–Crippen LogP) is 2.69. The van der Waals surface area contributed by atoms with Crippen molar-refractivity contribution in [3.05, 3.63) is 35.6 Å². The van der Waals surface area contributed by atoms with Gasteiger partial charge < -0.3 is 10.0 Å². The van der Waals surface area contributed by atoms with Gasteiger partial charge in [0.05, 0.1) is 6.10 Å². The van der Waals surface area contributed by atoms with Crippen molar-refractivity contribution in [3.8, 4) is 0 Å². The Balaban J connectivity index is 1.82. The maximum Gasteiger partial charge on any atom is 0.123 e.